The Morgan fingerprint density at radius 2 is 1.83 bits per heavy atom. The Bertz CT molecular complexity index is 1210. The normalized spacial score (nSPS) is 16.6. The van der Waals surface area contributed by atoms with Crippen molar-refractivity contribution in [3.8, 4) is 6.07 Å². The smallest absolute Gasteiger partial charge is 0.152 e. The fraction of sp³-hybridized carbons (Fsp3) is 0.261. The summed E-state index contributed by atoms with van der Waals surface area (Å²) in [4.78, 5) is 14.6. The number of hydrogen-bond donors (Lipinski definition) is 2. The highest BCUT2D eigenvalue weighted by molar-refractivity contribution is 7.18. The molecule has 0 unspecified atom stereocenters. The van der Waals surface area contributed by atoms with E-state index in [1.165, 1.54) is 9.71 Å². The molecule has 0 bridgehead atoms. The zero-order valence-corrected chi connectivity index (χ0v) is 17.2. The number of rotatable bonds is 4. The number of imidazole rings is 1. The number of aromatic nitrogens is 3. The molecule has 0 spiro atoms. The molecule has 150 valence electrons. The van der Waals surface area contributed by atoms with Crippen molar-refractivity contribution < 1.29 is 5.11 Å². The lowest BCUT2D eigenvalue weighted by molar-refractivity contribution is 0.202. The highest BCUT2D eigenvalue weighted by Gasteiger charge is 2.25. The number of piperidine rings is 1. The second-order valence-corrected chi connectivity index (χ2v) is 8.67. The van der Waals surface area contributed by atoms with Crippen molar-refractivity contribution in [2.24, 2.45) is 0 Å². The van der Waals surface area contributed by atoms with Gasteiger partial charge < -0.3 is 10.1 Å². The first kappa shape index (κ1) is 18.8. The van der Waals surface area contributed by atoms with E-state index in [4.69, 9.17) is 4.98 Å². The molecule has 0 radical (unpaired) electrons. The van der Waals surface area contributed by atoms with Gasteiger partial charge in [0, 0.05) is 5.92 Å². The predicted molar refractivity (Wildman–Crippen MR) is 119 cm³/mol. The number of aliphatic hydroxyl groups excluding tert-OH is 1. The molecule has 7 heteroatoms. The maximum absolute atomic E-state index is 10.7. The van der Waals surface area contributed by atoms with Gasteiger partial charge in [-0.2, -0.15) is 5.26 Å². The molecule has 0 saturated carbocycles. The zero-order valence-electron chi connectivity index (χ0n) is 16.4. The largest absolute Gasteiger partial charge is 0.509 e. The number of benzene rings is 2. The first-order valence-corrected chi connectivity index (χ1v) is 10.9. The highest BCUT2D eigenvalue weighted by Crippen LogP contribution is 2.34. The number of para-hydroxylation sites is 3. The van der Waals surface area contributed by atoms with E-state index >= 15 is 0 Å². The number of nitriles is 1. The molecule has 4 aromatic rings. The van der Waals surface area contributed by atoms with E-state index in [9.17, 15) is 10.4 Å². The number of fused-ring (bicyclic) bond motifs is 2. The summed E-state index contributed by atoms with van der Waals surface area (Å²) < 4.78 is 1.24. The summed E-state index contributed by atoms with van der Waals surface area (Å²) in [6.45, 7) is 2.08. The Balaban J connectivity index is 1.28. The van der Waals surface area contributed by atoms with Crippen LogP contribution in [0.4, 0.5) is 0 Å². The molecule has 5 rings (SSSR count). The van der Waals surface area contributed by atoms with Gasteiger partial charge in [0.25, 0.3) is 0 Å². The first-order valence-electron chi connectivity index (χ1n) is 10.1. The van der Waals surface area contributed by atoms with Crippen LogP contribution in [-0.2, 0) is 0 Å². The van der Waals surface area contributed by atoms with Crippen LogP contribution in [0.2, 0.25) is 0 Å². The quantitative estimate of drug-likeness (QED) is 0.368. The van der Waals surface area contributed by atoms with Crippen molar-refractivity contribution >= 4 is 38.2 Å². The number of nitrogens with one attached hydrogen (secondary N) is 1. The fourth-order valence-corrected chi connectivity index (χ4v) is 5.16. The van der Waals surface area contributed by atoms with Crippen molar-refractivity contribution in [1.82, 2.24) is 19.9 Å². The average Bonchev–Trinajstić information content (AvgIpc) is 3.39. The number of nitrogens with zero attached hydrogens (tertiary/aromatic N) is 4. The Kier molecular flexibility index (Phi) is 4.95. The molecule has 1 saturated heterocycles. The molecule has 2 aromatic carbocycles. The average molecular weight is 416 g/mol. The number of hydrogen-bond acceptors (Lipinski definition) is 6. The Hall–Kier alpha value is -3.21. The van der Waals surface area contributed by atoms with Crippen LogP contribution < -0.4 is 0 Å². The Labute approximate surface area is 178 Å². The lowest BCUT2D eigenvalue weighted by atomic mass is 9.97. The molecule has 2 aromatic heterocycles. The molecule has 30 heavy (non-hydrogen) atoms. The van der Waals surface area contributed by atoms with Crippen molar-refractivity contribution in [3.05, 3.63) is 65.1 Å². The highest BCUT2D eigenvalue weighted by atomic mass is 32.1. The number of thiazole rings is 1. The molecular formula is C23H21N5OS. The van der Waals surface area contributed by atoms with E-state index in [0.717, 1.165) is 42.5 Å². The van der Waals surface area contributed by atoms with Gasteiger partial charge in [0.2, 0.25) is 0 Å². The minimum Gasteiger partial charge on any atom is -0.509 e. The van der Waals surface area contributed by atoms with Gasteiger partial charge in [-0.05, 0) is 50.2 Å². The minimum atomic E-state index is 0.0648. The maximum Gasteiger partial charge on any atom is 0.152 e. The van der Waals surface area contributed by atoms with Gasteiger partial charge in [-0.25, -0.2) is 9.97 Å². The lowest BCUT2D eigenvalue weighted by Crippen LogP contribution is -2.34. The van der Waals surface area contributed by atoms with Crippen molar-refractivity contribution in [1.29, 1.82) is 5.26 Å². The predicted octanol–water partition coefficient (Wildman–Crippen LogP) is 4.84. The van der Waals surface area contributed by atoms with Crippen molar-refractivity contribution in [3.63, 3.8) is 0 Å². The third-order valence-corrected chi connectivity index (χ3v) is 6.85. The van der Waals surface area contributed by atoms with Gasteiger partial charge in [-0.3, -0.25) is 4.90 Å². The van der Waals surface area contributed by atoms with E-state index < -0.39 is 0 Å². The fourth-order valence-electron chi connectivity index (χ4n) is 4.02. The Morgan fingerprint density at radius 1 is 1.10 bits per heavy atom. The SMILES string of the molecule is N#C/C(=C(/O)CN1CCC(c2nc3ccccc3s2)CC1)c1nc2ccccc2[nH]1. The zero-order chi connectivity index (χ0) is 20.5. The lowest BCUT2D eigenvalue weighted by Gasteiger charge is -2.30. The topological polar surface area (TPSA) is 88.8 Å². The Morgan fingerprint density at radius 3 is 2.57 bits per heavy atom. The van der Waals surface area contributed by atoms with Crippen LogP contribution in [0.5, 0.6) is 0 Å². The minimum absolute atomic E-state index is 0.0648. The standard InChI is InChI=1S/C23H21N5OS/c24-13-16(22-25-17-5-1-2-6-18(17)26-22)20(29)14-28-11-9-15(10-12-28)23-27-19-7-3-4-8-21(19)30-23/h1-8,15,29H,9-12,14H2,(H,25,26)/b20-16-. The van der Waals surface area contributed by atoms with Gasteiger partial charge in [0.1, 0.15) is 17.4 Å². The summed E-state index contributed by atoms with van der Waals surface area (Å²) in [5.41, 5.74) is 2.92. The third kappa shape index (κ3) is 3.56. The summed E-state index contributed by atoms with van der Waals surface area (Å²) in [6, 6.07) is 18.0. The molecule has 3 heterocycles. The molecule has 1 fully saturated rings. The first-order chi connectivity index (χ1) is 14.7. The van der Waals surface area contributed by atoms with Crippen molar-refractivity contribution in [2.45, 2.75) is 18.8 Å². The molecule has 0 aliphatic carbocycles. The summed E-state index contributed by atoms with van der Waals surface area (Å²) >= 11 is 1.78. The van der Waals surface area contributed by atoms with Gasteiger partial charge in [0.05, 0.1) is 32.8 Å². The number of aliphatic hydroxyl groups is 1. The summed E-state index contributed by atoms with van der Waals surface area (Å²) in [6.07, 6.45) is 2.00. The van der Waals surface area contributed by atoms with Crippen molar-refractivity contribution in [2.75, 3.05) is 19.6 Å². The molecule has 2 N–H and O–H groups in total. The number of likely N-dealkylation sites (tertiary alicyclic amines) is 1. The van der Waals surface area contributed by atoms with Crippen LogP contribution in [0.25, 0.3) is 26.8 Å². The van der Waals surface area contributed by atoms with E-state index in [2.05, 4.69) is 39.1 Å². The second kappa shape index (κ2) is 7.90. The van der Waals surface area contributed by atoms with Crippen LogP contribution in [0.3, 0.4) is 0 Å². The number of aromatic amines is 1. The number of H-pyrrole nitrogens is 1. The molecule has 1 aliphatic heterocycles. The summed E-state index contributed by atoms with van der Waals surface area (Å²) in [7, 11) is 0. The summed E-state index contributed by atoms with van der Waals surface area (Å²) in [5.74, 6) is 0.936. The number of allylic oxidation sites excluding steroid dienone is 1. The molecule has 1 aliphatic rings. The van der Waals surface area contributed by atoms with Crippen LogP contribution in [0.15, 0.2) is 54.3 Å². The van der Waals surface area contributed by atoms with E-state index in [1.54, 1.807) is 11.3 Å². The van der Waals surface area contributed by atoms with Gasteiger partial charge in [-0.1, -0.05) is 24.3 Å². The van der Waals surface area contributed by atoms with E-state index in [-0.39, 0.29) is 11.3 Å². The molecule has 0 atom stereocenters. The molecule has 6 nitrogen and oxygen atoms in total. The monoisotopic (exact) mass is 415 g/mol. The van der Waals surface area contributed by atoms with Crippen LogP contribution in [0, 0.1) is 11.3 Å². The third-order valence-electron chi connectivity index (χ3n) is 5.65. The van der Waals surface area contributed by atoms with Gasteiger partial charge >= 0.3 is 0 Å². The van der Waals surface area contributed by atoms with Crippen LogP contribution >= 0.6 is 11.3 Å². The van der Waals surface area contributed by atoms with E-state index in [1.807, 2.05) is 30.3 Å². The maximum atomic E-state index is 10.7. The molecule has 0 amide bonds. The van der Waals surface area contributed by atoms with Crippen LogP contribution in [-0.4, -0.2) is 44.6 Å². The van der Waals surface area contributed by atoms with E-state index in [0.29, 0.717) is 18.3 Å². The van der Waals surface area contributed by atoms with Gasteiger partial charge in [-0.15, -0.1) is 11.3 Å². The second-order valence-electron chi connectivity index (χ2n) is 7.61. The van der Waals surface area contributed by atoms with Gasteiger partial charge in [0.15, 0.2) is 5.82 Å². The summed E-state index contributed by atoms with van der Waals surface area (Å²) in [5, 5.41) is 21.5. The molecular weight excluding hydrogens is 394 g/mol. The van der Waals surface area contributed by atoms with Crippen LogP contribution in [0.1, 0.15) is 29.6 Å².